The Kier molecular flexibility index (Phi) is 6.12. The van der Waals surface area contributed by atoms with Gasteiger partial charge in [0.2, 0.25) is 0 Å². The first-order chi connectivity index (χ1) is 18.4. The number of carbonyl (C=O) groups is 2. The molecule has 38 heavy (non-hydrogen) atoms. The third-order valence-electron chi connectivity index (χ3n) is 7.06. The molecule has 0 unspecified atom stereocenters. The maximum Gasteiger partial charge on any atom is 0.150 e. The van der Waals surface area contributed by atoms with Gasteiger partial charge in [-0.3, -0.25) is 14.6 Å². The van der Waals surface area contributed by atoms with E-state index in [-0.39, 0.29) is 24.4 Å². The minimum absolute atomic E-state index is 0.0373. The van der Waals surface area contributed by atoms with Gasteiger partial charge >= 0.3 is 0 Å². The Balaban J connectivity index is 1.17. The second kappa shape index (κ2) is 9.61. The van der Waals surface area contributed by atoms with E-state index in [9.17, 15) is 9.59 Å². The summed E-state index contributed by atoms with van der Waals surface area (Å²) in [5, 5.41) is 3.18. The summed E-state index contributed by atoms with van der Waals surface area (Å²) in [5.41, 5.74) is 3.26. The van der Waals surface area contributed by atoms with Crippen LogP contribution in [-0.2, 0) is 29.5 Å². The van der Waals surface area contributed by atoms with Gasteiger partial charge in [0.15, 0.2) is 11.6 Å². The van der Waals surface area contributed by atoms with Crippen molar-refractivity contribution in [3.63, 3.8) is 0 Å². The standard InChI is InChI=1S/C30H25FN4O2S/c1-35-17-25(33-18-35)26-16-24-29(38-26)23(9-12-32-24)34-22-8-7-20(13-21(22)31)15-28(37)30(10-11-30)27(36)14-19-5-3-2-4-6-19/h2-9,12-13,16-18H,10-11,14-15H2,1H3,(H,32,34). The first-order valence-corrected chi connectivity index (χ1v) is 13.3. The van der Waals surface area contributed by atoms with Crippen molar-refractivity contribution in [2.45, 2.75) is 25.7 Å². The van der Waals surface area contributed by atoms with Crippen LogP contribution in [0.25, 0.3) is 20.8 Å². The van der Waals surface area contributed by atoms with Gasteiger partial charge in [0, 0.05) is 32.3 Å². The summed E-state index contributed by atoms with van der Waals surface area (Å²) in [4.78, 5) is 35.9. The number of imidazole rings is 1. The first-order valence-electron chi connectivity index (χ1n) is 12.4. The Hall–Kier alpha value is -4.17. The van der Waals surface area contributed by atoms with E-state index in [0.29, 0.717) is 24.1 Å². The molecular weight excluding hydrogens is 499 g/mol. The van der Waals surface area contributed by atoms with Crippen LogP contribution in [0.1, 0.15) is 24.0 Å². The Labute approximate surface area is 223 Å². The molecule has 0 bridgehead atoms. The van der Waals surface area contributed by atoms with Crippen LogP contribution in [-0.4, -0.2) is 26.1 Å². The number of aromatic nitrogens is 3. The largest absolute Gasteiger partial charge is 0.352 e. The van der Waals surface area contributed by atoms with Crippen LogP contribution in [0.15, 0.2) is 79.4 Å². The summed E-state index contributed by atoms with van der Waals surface area (Å²) in [7, 11) is 1.92. The number of anilines is 2. The molecule has 0 amide bonds. The number of rotatable bonds is 9. The molecular formula is C30H25FN4O2S. The highest BCUT2D eigenvalue weighted by Crippen LogP contribution is 2.49. The third kappa shape index (κ3) is 4.63. The molecule has 1 fully saturated rings. The van der Waals surface area contributed by atoms with Crippen molar-refractivity contribution in [1.82, 2.24) is 14.5 Å². The highest BCUT2D eigenvalue weighted by molar-refractivity contribution is 7.22. The molecule has 190 valence electrons. The van der Waals surface area contributed by atoms with Crippen LogP contribution in [0.5, 0.6) is 0 Å². The van der Waals surface area contributed by atoms with E-state index in [1.54, 1.807) is 24.7 Å². The molecule has 5 aromatic rings. The Morgan fingerprint density at radius 3 is 2.42 bits per heavy atom. The Bertz CT molecular complexity index is 1670. The van der Waals surface area contributed by atoms with Gasteiger partial charge in [-0.05, 0) is 48.2 Å². The number of hydrogen-bond donors (Lipinski definition) is 1. The lowest BCUT2D eigenvalue weighted by atomic mass is 9.88. The van der Waals surface area contributed by atoms with Crippen molar-refractivity contribution in [2.24, 2.45) is 12.5 Å². The van der Waals surface area contributed by atoms with Crippen LogP contribution in [0.3, 0.4) is 0 Å². The van der Waals surface area contributed by atoms with E-state index in [0.717, 1.165) is 32.0 Å². The summed E-state index contributed by atoms with van der Waals surface area (Å²) < 4.78 is 17.9. The Morgan fingerprint density at radius 1 is 0.974 bits per heavy atom. The van der Waals surface area contributed by atoms with Crippen molar-refractivity contribution >= 4 is 44.5 Å². The fourth-order valence-electron chi connectivity index (χ4n) is 4.76. The maximum atomic E-state index is 15.2. The van der Waals surface area contributed by atoms with Crippen molar-refractivity contribution in [1.29, 1.82) is 0 Å². The van der Waals surface area contributed by atoms with E-state index in [2.05, 4.69) is 15.3 Å². The predicted molar refractivity (Wildman–Crippen MR) is 147 cm³/mol. The topological polar surface area (TPSA) is 76.9 Å². The minimum Gasteiger partial charge on any atom is -0.352 e. The van der Waals surface area contributed by atoms with Gasteiger partial charge in [-0.25, -0.2) is 9.37 Å². The molecule has 6 rings (SSSR count). The Morgan fingerprint density at radius 2 is 1.74 bits per heavy atom. The van der Waals surface area contributed by atoms with Gasteiger partial charge in [-0.15, -0.1) is 11.3 Å². The molecule has 1 aliphatic rings. The van der Waals surface area contributed by atoms with E-state index < -0.39 is 11.2 Å². The number of carbonyl (C=O) groups excluding carboxylic acids is 2. The number of nitrogens with zero attached hydrogens (tertiary/aromatic N) is 3. The summed E-state index contributed by atoms with van der Waals surface area (Å²) >= 11 is 1.54. The average molecular weight is 525 g/mol. The van der Waals surface area contributed by atoms with Gasteiger partial charge in [0.05, 0.1) is 43.9 Å². The monoisotopic (exact) mass is 524 g/mol. The van der Waals surface area contributed by atoms with Crippen LogP contribution < -0.4 is 5.32 Å². The number of nitrogens with one attached hydrogen (secondary N) is 1. The van der Waals surface area contributed by atoms with Crippen molar-refractivity contribution < 1.29 is 14.0 Å². The summed E-state index contributed by atoms with van der Waals surface area (Å²) in [6.07, 6.45) is 6.80. The zero-order valence-electron chi connectivity index (χ0n) is 20.8. The molecule has 1 aliphatic carbocycles. The van der Waals surface area contributed by atoms with Gasteiger partial charge in [-0.2, -0.15) is 0 Å². The van der Waals surface area contributed by atoms with Gasteiger partial charge < -0.3 is 9.88 Å². The number of thiophene rings is 1. The maximum absolute atomic E-state index is 15.2. The van der Waals surface area contributed by atoms with Crippen molar-refractivity contribution in [3.8, 4) is 10.6 Å². The number of aryl methyl sites for hydroxylation is 1. The zero-order chi connectivity index (χ0) is 26.3. The van der Waals surface area contributed by atoms with Crippen molar-refractivity contribution in [3.05, 3.63) is 96.3 Å². The molecule has 0 atom stereocenters. The smallest absolute Gasteiger partial charge is 0.150 e. The number of fused-ring (bicyclic) bond motifs is 1. The summed E-state index contributed by atoms with van der Waals surface area (Å²) in [6.45, 7) is 0. The predicted octanol–water partition coefficient (Wildman–Crippen LogP) is 6.28. The number of Topliss-reactive ketones (excluding diaryl/α,β-unsaturated/α-hetero) is 2. The number of benzene rings is 2. The lowest BCUT2D eigenvalue weighted by Gasteiger charge is -2.14. The molecule has 0 spiro atoms. The molecule has 2 aromatic carbocycles. The van der Waals surface area contributed by atoms with E-state index >= 15 is 4.39 Å². The molecule has 0 radical (unpaired) electrons. The van der Waals surface area contributed by atoms with Crippen LogP contribution in [0.4, 0.5) is 15.8 Å². The first kappa shape index (κ1) is 24.2. The normalized spacial score (nSPS) is 13.9. The van der Waals surface area contributed by atoms with E-state index in [4.69, 9.17) is 0 Å². The van der Waals surface area contributed by atoms with Crippen molar-refractivity contribution in [2.75, 3.05) is 5.32 Å². The van der Waals surface area contributed by atoms with Crippen LogP contribution >= 0.6 is 11.3 Å². The molecule has 8 heteroatoms. The fourth-order valence-corrected chi connectivity index (χ4v) is 5.81. The fraction of sp³-hybridized carbons (Fsp3) is 0.200. The molecule has 3 heterocycles. The minimum atomic E-state index is -0.920. The number of hydrogen-bond acceptors (Lipinski definition) is 6. The second-order valence-electron chi connectivity index (χ2n) is 9.81. The molecule has 6 nitrogen and oxygen atoms in total. The highest BCUT2D eigenvalue weighted by atomic mass is 32.1. The average Bonchev–Trinajstić information content (AvgIpc) is 3.43. The quantitative estimate of drug-likeness (QED) is 0.230. The van der Waals surface area contributed by atoms with E-state index in [1.165, 1.54) is 17.4 Å². The molecule has 3 aromatic heterocycles. The second-order valence-corrected chi connectivity index (χ2v) is 10.9. The zero-order valence-corrected chi connectivity index (χ0v) is 21.6. The highest BCUT2D eigenvalue weighted by Gasteiger charge is 2.54. The molecule has 0 saturated heterocycles. The van der Waals surface area contributed by atoms with E-state index in [1.807, 2.05) is 60.3 Å². The number of ketones is 2. The molecule has 1 N–H and O–H groups in total. The molecule has 1 saturated carbocycles. The number of pyridine rings is 1. The van der Waals surface area contributed by atoms with Gasteiger partial charge in [0.1, 0.15) is 5.82 Å². The van der Waals surface area contributed by atoms with Gasteiger partial charge in [0.25, 0.3) is 0 Å². The third-order valence-corrected chi connectivity index (χ3v) is 8.24. The molecule has 0 aliphatic heterocycles. The SMILES string of the molecule is Cn1cnc(-c2cc3nccc(Nc4ccc(CC(=O)C5(C(=O)Cc6ccccc6)CC5)cc4F)c3s2)c1. The van der Waals surface area contributed by atoms with Gasteiger partial charge in [-0.1, -0.05) is 36.4 Å². The van der Waals surface area contributed by atoms with Crippen LogP contribution in [0.2, 0.25) is 0 Å². The lowest BCUT2D eigenvalue weighted by molar-refractivity contribution is -0.133. The van der Waals surface area contributed by atoms with Crippen LogP contribution in [0, 0.1) is 11.2 Å². The number of halogens is 1. The summed E-state index contributed by atoms with van der Waals surface area (Å²) in [6, 6.07) is 18.0. The summed E-state index contributed by atoms with van der Waals surface area (Å²) in [5.74, 6) is -0.632. The lowest BCUT2D eigenvalue weighted by Crippen LogP contribution is -2.28.